The molecule has 0 fully saturated rings. The summed E-state index contributed by atoms with van der Waals surface area (Å²) < 4.78 is 5.81. The highest BCUT2D eigenvalue weighted by Crippen LogP contribution is 2.35. The number of hydrogen-bond acceptors (Lipinski definition) is 3. The van der Waals surface area contributed by atoms with Crippen molar-refractivity contribution in [2.24, 2.45) is 5.73 Å². The molecule has 2 N–H and O–H groups in total. The fourth-order valence-electron chi connectivity index (χ4n) is 2.58. The Bertz CT molecular complexity index is 580. The first-order chi connectivity index (χ1) is 8.20. The zero-order valence-electron chi connectivity index (χ0n) is 10.2. The lowest BCUT2D eigenvalue weighted by Gasteiger charge is -2.13. The van der Waals surface area contributed by atoms with Crippen LogP contribution >= 0.6 is 24.0 Å². The molecule has 3 rings (SSSR count). The minimum atomic E-state index is 0. The minimum Gasteiger partial charge on any atom is -0.459 e. The lowest BCUT2D eigenvalue weighted by atomic mass is 10.0. The fraction of sp³-hybridized carbons (Fsp3) is 0.385. The van der Waals surface area contributed by atoms with E-state index in [0.29, 0.717) is 6.54 Å². The fourth-order valence-corrected chi connectivity index (χ4v) is 2.83. The van der Waals surface area contributed by atoms with Crippen molar-refractivity contribution in [2.75, 3.05) is 13.6 Å². The van der Waals surface area contributed by atoms with E-state index >= 15 is 0 Å². The van der Waals surface area contributed by atoms with Crippen LogP contribution in [0.1, 0.15) is 16.9 Å². The highest BCUT2D eigenvalue weighted by Gasteiger charge is 2.22. The van der Waals surface area contributed by atoms with Gasteiger partial charge in [0.15, 0.2) is 0 Å². The molecule has 2 aromatic rings. The van der Waals surface area contributed by atoms with E-state index in [9.17, 15) is 0 Å². The van der Waals surface area contributed by atoms with Gasteiger partial charge in [0.1, 0.15) is 11.3 Å². The smallest absolute Gasteiger partial charge is 0.135 e. The maximum atomic E-state index is 6.29. The van der Waals surface area contributed by atoms with Crippen LogP contribution in [0.3, 0.4) is 0 Å². The van der Waals surface area contributed by atoms with Gasteiger partial charge in [0.2, 0.25) is 0 Å². The Labute approximate surface area is 117 Å². The molecule has 0 amide bonds. The largest absolute Gasteiger partial charge is 0.459 e. The van der Waals surface area contributed by atoms with E-state index in [1.165, 1.54) is 16.5 Å². The van der Waals surface area contributed by atoms with Crippen molar-refractivity contribution in [1.82, 2.24) is 4.90 Å². The Morgan fingerprint density at radius 1 is 1.39 bits per heavy atom. The number of rotatable bonds is 1. The van der Waals surface area contributed by atoms with Crippen LogP contribution in [0, 0.1) is 0 Å². The van der Waals surface area contributed by atoms with Crippen LogP contribution in [0.5, 0.6) is 0 Å². The van der Waals surface area contributed by atoms with Gasteiger partial charge in [-0.15, -0.1) is 12.4 Å². The second-order valence-corrected chi connectivity index (χ2v) is 5.00. The molecule has 5 heteroatoms. The van der Waals surface area contributed by atoms with Crippen molar-refractivity contribution in [3.8, 4) is 0 Å². The van der Waals surface area contributed by atoms with Crippen LogP contribution in [0.25, 0.3) is 11.0 Å². The topological polar surface area (TPSA) is 42.4 Å². The molecule has 0 bridgehead atoms. The average molecular weight is 287 g/mol. The van der Waals surface area contributed by atoms with Gasteiger partial charge in [-0.05, 0) is 31.2 Å². The van der Waals surface area contributed by atoms with Gasteiger partial charge in [0, 0.05) is 29.1 Å². The zero-order chi connectivity index (χ0) is 12.0. The quantitative estimate of drug-likeness (QED) is 0.877. The molecule has 1 aromatic carbocycles. The van der Waals surface area contributed by atoms with Gasteiger partial charge in [-0.25, -0.2) is 0 Å². The summed E-state index contributed by atoms with van der Waals surface area (Å²) in [6, 6.07) is 3.85. The SMILES string of the molecule is CN1CCc2c(Cl)ccc3oc(CN)c(c23)C1.Cl. The van der Waals surface area contributed by atoms with E-state index < -0.39 is 0 Å². The molecular weight excluding hydrogens is 271 g/mol. The van der Waals surface area contributed by atoms with Crippen molar-refractivity contribution in [3.05, 3.63) is 34.0 Å². The average Bonchev–Trinajstić information content (AvgIpc) is 2.56. The molecule has 0 unspecified atom stereocenters. The number of hydrogen-bond donors (Lipinski definition) is 1. The molecule has 1 aliphatic heterocycles. The van der Waals surface area contributed by atoms with Gasteiger partial charge < -0.3 is 15.1 Å². The Kier molecular flexibility index (Phi) is 3.87. The zero-order valence-corrected chi connectivity index (χ0v) is 11.8. The summed E-state index contributed by atoms with van der Waals surface area (Å²) in [5.41, 5.74) is 9.07. The van der Waals surface area contributed by atoms with E-state index in [2.05, 4.69) is 11.9 Å². The molecule has 98 valence electrons. The first-order valence-corrected chi connectivity index (χ1v) is 6.18. The number of furan rings is 1. The van der Waals surface area contributed by atoms with E-state index in [1.54, 1.807) is 0 Å². The normalized spacial score (nSPS) is 15.5. The second-order valence-electron chi connectivity index (χ2n) is 4.59. The van der Waals surface area contributed by atoms with Gasteiger partial charge in [-0.2, -0.15) is 0 Å². The van der Waals surface area contributed by atoms with E-state index in [0.717, 1.165) is 35.9 Å². The maximum Gasteiger partial charge on any atom is 0.135 e. The van der Waals surface area contributed by atoms with Gasteiger partial charge in [-0.3, -0.25) is 0 Å². The summed E-state index contributed by atoms with van der Waals surface area (Å²) in [7, 11) is 2.11. The number of nitrogens with zero attached hydrogens (tertiary/aromatic N) is 1. The Hall–Kier alpha value is -0.740. The maximum absolute atomic E-state index is 6.29. The molecule has 0 saturated carbocycles. The summed E-state index contributed by atoms with van der Waals surface area (Å²) in [6.45, 7) is 2.33. The predicted octanol–water partition coefficient (Wildman–Crippen LogP) is 2.95. The molecule has 0 aliphatic carbocycles. The number of likely N-dealkylation sites (N-methyl/N-ethyl adjacent to an activating group) is 1. The predicted molar refractivity (Wildman–Crippen MR) is 76.4 cm³/mol. The highest BCUT2D eigenvalue weighted by molar-refractivity contribution is 6.32. The summed E-state index contributed by atoms with van der Waals surface area (Å²) in [5, 5.41) is 2.01. The third kappa shape index (κ3) is 2.01. The summed E-state index contributed by atoms with van der Waals surface area (Å²) in [4.78, 5) is 2.28. The van der Waals surface area contributed by atoms with Crippen molar-refractivity contribution >= 4 is 35.0 Å². The van der Waals surface area contributed by atoms with Crippen molar-refractivity contribution in [1.29, 1.82) is 0 Å². The van der Waals surface area contributed by atoms with Gasteiger partial charge in [0.25, 0.3) is 0 Å². The van der Waals surface area contributed by atoms with Crippen molar-refractivity contribution in [3.63, 3.8) is 0 Å². The van der Waals surface area contributed by atoms with Crippen molar-refractivity contribution in [2.45, 2.75) is 19.5 Å². The Morgan fingerprint density at radius 3 is 2.89 bits per heavy atom. The minimum absolute atomic E-state index is 0. The third-order valence-corrected chi connectivity index (χ3v) is 3.80. The third-order valence-electron chi connectivity index (χ3n) is 3.45. The monoisotopic (exact) mass is 286 g/mol. The number of halogens is 2. The van der Waals surface area contributed by atoms with E-state index in [-0.39, 0.29) is 12.4 Å². The first-order valence-electron chi connectivity index (χ1n) is 5.81. The number of nitrogens with two attached hydrogens (primary N) is 1. The molecule has 0 atom stereocenters. The van der Waals surface area contributed by atoms with Crippen LogP contribution in [0.2, 0.25) is 5.02 Å². The lowest BCUT2D eigenvalue weighted by molar-refractivity contribution is 0.332. The molecule has 1 aliphatic rings. The molecule has 0 radical (unpaired) electrons. The lowest BCUT2D eigenvalue weighted by Crippen LogP contribution is -2.19. The van der Waals surface area contributed by atoms with Gasteiger partial charge in [0.05, 0.1) is 6.54 Å². The van der Waals surface area contributed by atoms with Crippen LogP contribution in [0.4, 0.5) is 0 Å². The Balaban J connectivity index is 0.00000120. The van der Waals surface area contributed by atoms with Crippen LogP contribution < -0.4 is 5.73 Å². The first kappa shape index (κ1) is 13.7. The number of benzene rings is 1. The van der Waals surface area contributed by atoms with Gasteiger partial charge in [-0.1, -0.05) is 11.6 Å². The van der Waals surface area contributed by atoms with Crippen LogP contribution in [-0.2, 0) is 19.5 Å². The van der Waals surface area contributed by atoms with Gasteiger partial charge >= 0.3 is 0 Å². The summed E-state index contributed by atoms with van der Waals surface area (Å²) in [6.07, 6.45) is 0.962. The highest BCUT2D eigenvalue weighted by atomic mass is 35.5. The van der Waals surface area contributed by atoms with E-state index in [1.807, 2.05) is 12.1 Å². The molecule has 18 heavy (non-hydrogen) atoms. The standard InChI is InChI=1S/C13H15ClN2O.ClH/c1-16-5-4-8-10(14)2-3-11-13(8)9(7-16)12(6-15)17-11;/h2-3H,4-7,15H2,1H3;1H. The molecule has 3 nitrogen and oxygen atoms in total. The van der Waals surface area contributed by atoms with Crippen molar-refractivity contribution < 1.29 is 4.42 Å². The van der Waals surface area contributed by atoms with Crippen LogP contribution in [0.15, 0.2) is 16.5 Å². The van der Waals surface area contributed by atoms with Crippen LogP contribution in [-0.4, -0.2) is 18.5 Å². The summed E-state index contributed by atoms with van der Waals surface area (Å²) in [5.74, 6) is 0.886. The van der Waals surface area contributed by atoms with E-state index in [4.69, 9.17) is 21.8 Å². The Morgan fingerprint density at radius 2 is 2.17 bits per heavy atom. The second kappa shape index (κ2) is 5.10. The molecule has 0 saturated heterocycles. The molecule has 2 heterocycles. The molecule has 1 aromatic heterocycles. The molecule has 0 spiro atoms. The molecular formula is C13H16Cl2N2O. The summed E-state index contributed by atoms with van der Waals surface area (Å²) >= 11 is 6.29.